The van der Waals surface area contributed by atoms with E-state index in [0.717, 1.165) is 42.5 Å². The zero-order valence-electron chi connectivity index (χ0n) is 19.5. The van der Waals surface area contributed by atoms with Crippen molar-refractivity contribution in [2.45, 2.75) is 46.0 Å². The number of ether oxygens (including phenoxy) is 1. The second kappa shape index (κ2) is 8.70. The Kier molecular flexibility index (Phi) is 5.71. The standard InChI is InChI=1S/C27H28N2O5/c1-16-7-5-8-17(2)24(16)28-15-18(13-23(28)30)27(33)34-20-10-6-9-19(14-20)29-25(31)21-11-3-4-12-22(21)26(29)32/h5-10,14,18,21-22H,3-4,11-13,15H2,1-2H3/t18-,21+,22+/m1/s1. The molecule has 2 aliphatic heterocycles. The number of carbonyl (C=O) groups is 4. The molecule has 2 saturated heterocycles. The van der Waals surface area contributed by atoms with Crippen molar-refractivity contribution in [2.75, 3.05) is 16.3 Å². The minimum absolute atomic E-state index is 0.0821. The molecule has 34 heavy (non-hydrogen) atoms. The smallest absolute Gasteiger partial charge is 0.316 e. The van der Waals surface area contributed by atoms with Crippen LogP contribution in [0.4, 0.5) is 11.4 Å². The number of hydrogen-bond donors (Lipinski definition) is 0. The number of amides is 3. The molecular formula is C27H28N2O5. The predicted octanol–water partition coefficient (Wildman–Crippen LogP) is 3.94. The molecule has 0 bridgehead atoms. The lowest BCUT2D eigenvalue weighted by molar-refractivity contribution is -0.139. The monoisotopic (exact) mass is 460 g/mol. The van der Waals surface area contributed by atoms with Gasteiger partial charge in [0.15, 0.2) is 0 Å². The summed E-state index contributed by atoms with van der Waals surface area (Å²) < 4.78 is 5.61. The fourth-order valence-electron chi connectivity index (χ4n) is 5.62. The fraction of sp³-hybridized carbons (Fsp3) is 0.407. The highest BCUT2D eigenvalue weighted by atomic mass is 16.5. The Hall–Kier alpha value is -3.48. The summed E-state index contributed by atoms with van der Waals surface area (Å²) in [6.07, 6.45) is 3.49. The highest BCUT2D eigenvalue weighted by Gasteiger charge is 2.48. The lowest BCUT2D eigenvalue weighted by atomic mass is 9.81. The van der Waals surface area contributed by atoms with E-state index in [1.807, 2.05) is 32.0 Å². The van der Waals surface area contributed by atoms with Gasteiger partial charge in [0.2, 0.25) is 17.7 Å². The van der Waals surface area contributed by atoms with Gasteiger partial charge in [-0.1, -0.05) is 37.1 Å². The van der Waals surface area contributed by atoms with Crippen LogP contribution in [0.3, 0.4) is 0 Å². The first kappa shape index (κ1) is 22.3. The normalized spacial score (nSPS) is 24.5. The average molecular weight is 461 g/mol. The maximum absolute atomic E-state index is 12.9. The van der Waals surface area contributed by atoms with E-state index in [-0.39, 0.29) is 48.3 Å². The van der Waals surface area contributed by atoms with E-state index in [9.17, 15) is 19.2 Å². The highest BCUT2D eigenvalue weighted by molar-refractivity contribution is 6.22. The number of hydrogen-bond acceptors (Lipinski definition) is 5. The van der Waals surface area contributed by atoms with Crippen LogP contribution in [0.1, 0.15) is 43.2 Å². The second-order valence-corrected chi connectivity index (χ2v) is 9.57. The zero-order valence-corrected chi connectivity index (χ0v) is 19.5. The van der Waals surface area contributed by atoms with Gasteiger partial charge in [0.05, 0.1) is 23.4 Å². The summed E-state index contributed by atoms with van der Waals surface area (Å²) in [5.41, 5.74) is 3.23. The van der Waals surface area contributed by atoms with Gasteiger partial charge in [-0.15, -0.1) is 0 Å². The molecule has 0 unspecified atom stereocenters. The van der Waals surface area contributed by atoms with Crippen LogP contribution in [0.2, 0.25) is 0 Å². The molecule has 1 aliphatic carbocycles. The van der Waals surface area contributed by atoms with Crippen LogP contribution >= 0.6 is 0 Å². The quantitative estimate of drug-likeness (QED) is 0.392. The third kappa shape index (κ3) is 3.79. The maximum Gasteiger partial charge on any atom is 0.316 e. The molecule has 2 aromatic rings. The van der Waals surface area contributed by atoms with Crippen molar-refractivity contribution >= 4 is 35.1 Å². The number of anilines is 2. The summed E-state index contributed by atoms with van der Waals surface area (Å²) in [7, 11) is 0. The molecule has 3 atom stereocenters. The van der Waals surface area contributed by atoms with Crippen molar-refractivity contribution < 1.29 is 23.9 Å². The molecule has 1 saturated carbocycles. The summed E-state index contributed by atoms with van der Waals surface area (Å²) >= 11 is 0. The minimum Gasteiger partial charge on any atom is -0.426 e. The summed E-state index contributed by atoms with van der Waals surface area (Å²) in [5.74, 6) is -1.74. The van der Waals surface area contributed by atoms with Crippen molar-refractivity contribution in [3.05, 3.63) is 53.6 Å². The van der Waals surface area contributed by atoms with Crippen LogP contribution in [0.25, 0.3) is 0 Å². The molecule has 3 amide bonds. The topological polar surface area (TPSA) is 84.0 Å². The number of fused-ring (bicyclic) bond motifs is 1. The summed E-state index contributed by atoms with van der Waals surface area (Å²) in [4.78, 5) is 54.4. The Morgan fingerprint density at radius 3 is 2.18 bits per heavy atom. The molecule has 0 spiro atoms. The molecule has 0 N–H and O–H groups in total. The number of aryl methyl sites for hydroxylation is 2. The first-order valence-electron chi connectivity index (χ1n) is 11.9. The Bertz CT molecular complexity index is 1150. The molecule has 2 heterocycles. The van der Waals surface area contributed by atoms with Crippen LogP contribution in [0.15, 0.2) is 42.5 Å². The summed E-state index contributed by atoms with van der Waals surface area (Å²) in [6.45, 7) is 4.16. The summed E-state index contributed by atoms with van der Waals surface area (Å²) in [6, 6.07) is 12.4. The molecule has 5 rings (SSSR count). The van der Waals surface area contributed by atoms with Gasteiger partial charge in [-0.3, -0.25) is 19.2 Å². The number of para-hydroxylation sites is 1. The van der Waals surface area contributed by atoms with E-state index in [4.69, 9.17) is 4.74 Å². The van der Waals surface area contributed by atoms with Gasteiger partial charge in [-0.25, -0.2) is 4.90 Å². The second-order valence-electron chi connectivity index (χ2n) is 9.57. The molecule has 2 aromatic carbocycles. The van der Waals surface area contributed by atoms with E-state index in [2.05, 4.69) is 0 Å². The number of esters is 1. The molecule has 0 aromatic heterocycles. The third-order valence-electron chi connectivity index (χ3n) is 7.30. The van der Waals surface area contributed by atoms with Crippen molar-refractivity contribution in [2.24, 2.45) is 17.8 Å². The third-order valence-corrected chi connectivity index (χ3v) is 7.30. The van der Waals surface area contributed by atoms with Crippen LogP contribution in [0, 0.1) is 31.6 Å². The molecule has 3 aliphatic rings. The maximum atomic E-state index is 12.9. The van der Waals surface area contributed by atoms with E-state index in [0.29, 0.717) is 5.69 Å². The van der Waals surface area contributed by atoms with Crippen LogP contribution in [-0.2, 0) is 19.2 Å². The lowest BCUT2D eigenvalue weighted by Gasteiger charge is -2.21. The number of nitrogens with zero attached hydrogens (tertiary/aromatic N) is 2. The van der Waals surface area contributed by atoms with Crippen LogP contribution in [0.5, 0.6) is 5.75 Å². The molecule has 0 radical (unpaired) electrons. The predicted molar refractivity (Wildman–Crippen MR) is 126 cm³/mol. The van der Waals surface area contributed by atoms with Gasteiger partial charge in [-0.05, 0) is 49.9 Å². The first-order chi connectivity index (χ1) is 16.3. The van der Waals surface area contributed by atoms with Crippen molar-refractivity contribution in [1.82, 2.24) is 0 Å². The Labute approximate surface area is 198 Å². The van der Waals surface area contributed by atoms with Crippen LogP contribution < -0.4 is 14.5 Å². The van der Waals surface area contributed by atoms with Gasteiger partial charge in [0.1, 0.15) is 5.75 Å². The van der Waals surface area contributed by atoms with Gasteiger partial charge >= 0.3 is 5.97 Å². The zero-order chi connectivity index (χ0) is 24.0. The Morgan fingerprint density at radius 2 is 1.53 bits per heavy atom. The highest BCUT2D eigenvalue weighted by Crippen LogP contribution is 2.40. The Morgan fingerprint density at radius 1 is 0.912 bits per heavy atom. The van der Waals surface area contributed by atoms with Crippen molar-refractivity contribution in [3.8, 4) is 5.75 Å². The van der Waals surface area contributed by atoms with E-state index in [1.54, 1.807) is 29.2 Å². The van der Waals surface area contributed by atoms with E-state index in [1.165, 1.54) is 4.90 Å². The van der Waals surface area contributed by atoms with Gasteiger partial charge in [0, 0.05) is 24.7 Å². The fourth-order valence-corrected chi connectivity index (χ4v) is 5.62. The molecular weight excluding hydrogens is 432 g/mol. The largest absolute Gasteiger partial charge is 0.426 e. The van der Waals surface area contributed by atoms with Crippen molar-refractivity contribution in [1.29, 1.82) is 0 Å². The summed E-state index contributed by atoms with van der Waals surface area (Å²) in [5, 5.41) is 0. The van der Waals surface area contributed by atoms with Crippen molar-refractivity contribution in [3.63, 3.8) is 0 Å². The van der Waals surface area contributed by atoms with Gasteiger partial charge in [-0.2, -0.15) is 0 Å². The number of benzene rings is 2. The number of rotatable bonds is 4. The van der Waals surface area contributed by atoms with Gasteiger partial charge in [0.25, 0.3) is 0 Å². The molecule has 7 nitrogen and oxygen atoms in total. The van der Waals surface area contributed by atoms with E-state index >= 15 is 0 Å². The average Bonchev–Trinajstić information content (AvgIpc) is 3.32. The number of imide groups is 1. The molecule has 3 fully saturated rings. The lowest BCUT2D eigenvalue weighted by Crippen LogP contribution is -2.31. The van der Waals surface area contributed by atoms with Gasteiger partial charge < -0.3 is 9.64 Å². The molecule has 7 heteroatoms. The molecule has 176 valence electrons. The Balaban J connectivity index is 1.31. The minimum atomic E-state index is -0.590. The first-order valence-corrected chi connectivity index (χ1v) is 11.9. The van der Waals surface area contributed by atoms with Crippen LogP contribution in [-0.4, -0.2) is 30.2 Å². The number of carbonyl (C=O) groups excluding carboxylic acids is 4. The van der Waals surface area contributed by atoms with E-state index < -0.39 is 11.9 Å². The SMILES string of the molecule is Cc1cccc(C)c1N1C[C@H](C(=O)Oc2cccc(N3C(=O)[C@H]4CCCC[C@@H]4C3=O)c2)CC1=O.